The molecule has 0 aromatic heterocycles. The van der Waals surface area contributed by atoms with Crippen molar-refractivity contribution in [2.75, 3.05) is 13.1 Å². The molecular weight excluding hydrogens is 192 g/mol. The van der Waals surface area contributed by atoms with Gasteiger partial charge in [-0.15, -0.1) is 0 Å². The number of carbonyl (C=O) groups is 2. The van der Waals surface area contributed by atoms with Gasteiger partial charge in [0.2, 0.25) is 0 Å². The Hall–Kier alpha value is -1.06. The third-order valence-electron chi connectivity index (χ3n) is 2.89. The van der Waals surface area contributed by atoms with Crippen molar-refractivity contribution >= 4 is 11.9 Å². The van der Waals surface area contributed by atoms with Crippen molar-refractivity contribution in [3.63, 3.8) is 0 Å². The molecule has 1 rings (SSSR count). The third-order valence-corrected chi connectivity index (χ3v) is 2.89. The van der Waals surface area contributed by atoms with Gasteiger partial charge in [-0.3, -0.25) is 9.69 Å². The molecule has 1 fully saturated rings. The summed E-state index contributed by atoms with van der Waals surface area (Å²) in [6, 6.07) is -0.138. The molecule has 0 aromatic carbocycles. The molecule has 0 bridgehead atoms. The van der Waals surface area contributed by atoms with Gasteiger partial charge in [-0.1, -0.05) is 13.3 Å². The molecule has 0 atom stereocenters. The van der Waals surface area contributed by atoms with Crippen LogP contribution in [0.4, 0.5) is 4.79 Å². The fourth-order valence-electron chi connectivity index (χ4n) is 2.12. The maximum absolute atomic E-state index is 11.9. The zero-order valence-electron chi connectivity index (χ0n) is 10.0. The Bertz CT molecular complexity index is 274. The molecule has 1 saturated heterocycles. The summed E-state index contributed by atoms with van der Waals surface area (Å²) < 4.78 is 0. The van der Waals surface area contributed by atoms with Gasteiger partial charge in [0.25, 0.3) is 5.91 Å². The van der Waals surface area contributed by atoms with Gasteiger partial charge in [0.1, 0.15) is 6.54 Å². The molecule has 86 valence electrons. The Morgan fingerprint density at radius 1 is 1.27 bits per heavy atom. The number of rotatable bonds is 4. The summed E-state index contributed by atoms with van der Waals surface area (Å²) in [5, 5.41) is 0. The Labute approximate surface area is 91.2 Å². The highest BCUT2D eigenvalue weighted by molar-refractivity contribution is 6.02. The van der Waals surface area contributed by atoms with Gasteiger partial charge >= 0.3 is 6.03 Å². The van der Waals surface area contributed by atoms with Crippen LogP contribution in [0.2, 0.25) is 0 Å². The minimum atomic E-state index is -0.354. The Morgan fingerprint density at radius 2 is 1.87 bits per heavy atom. The van der Waals surface area contributed by atoms with E-state index in [1.165, 1.54) is 4.90 Å². The van der Waals surface area contributed by atoms with Crippen LogP contribution in [0.15, 0.2) is 0 Å². The number of imide groups is 1. The van der Waals surface area contributed by atoms with Crippen LogP contribution in [-0.4, -0.2) is 40.4 Å². The van der Waals surface area contributed by atoms with Crippen molar-refractivity contribution in [2.24, 2.45) is 0 Å². The zero-order chi connectivity index (χ0) is 11.6. The molecule has 0 unspecified atom stereocenters. The smallest absolute Gasteiger partial charge is 0.315 e. The molecule has 1 heterocycles. The lowest BCUT2D eigenvalue weighted by atomic mass is 9.97. The number of nitrogens with zero attached hydrogens (tertiary/aromatic N) is 2. The van der Waals surface area contributed by atoms with E-state index in [1.807, 2.05) is 20.8 Å². The average Bonchev–Trinajstić information content (AvgIpc) is 2.41. The first-order chi connectivity index (χ1) is 6.94. The first-order valence-corrected chi connectivity index (χ1v) is 5.56. The number of likely N-dealkylation sites (N-methyl/N-ethyl adjacent to an activating group) is 1. The number of urea groups is 1. The second kappa shape index (κ2) is 4.21. The maximum atomic E-state index is 11.9. The molecule has 4 nitrogen and oxygen atoms in total. The molecule has 15 heavy (non-hydrogen) atoms. The van der Waals surface area contributed by atoms with Gasteiger partial charge in [-0.2, -0.15) is 0 Å². The summed E-state index contributed by atoms with van der Waals surface area (Å²) in [5.74, 6) is -0.0692. The van der Waals surface area contributed by atoms with E-state index in [4.69, 9.17) is 0 Å². The highest BCUT2D eigenvalue weighted by atomic mass is 16.2. The lowest BCUT2D eigenvalue weighted by Crippen LogP contribution is -2.48. The van der Waals surface area contributed by atoms with Crippen LogP contribution in [0.25, 0.3) is 0 Å². The van der Waals surface area contributed by atoms with Crippen LogP contribution >= 0.6 is 0 Å². The van der Waals surface area contributed by atoms with E-state index >= 15 is 0 Å². The van der Waals surface area contributed by atoms with Crippen LogP contribution in [0.1, 0.15) is 40.5 Å². The standard InChI is InChI=1S/C11H20N2O2/c1-5-7-11(3,4)13-9(14)8-12(6-2)10(13)15/h5-8H2,1-4H3. The fourth-order valence-corrected chi connectivity index (χ4v) is 2.12. The summed E-state index contributed by atoms with van der Waals surface area (Å²) >= 11 is 0. The summed E-state index contributed by atoms with van der Waals surface area (Å²) in [7, 11) is 0. The number of hydrogen-bond donors (Lipinski definition) is 0. The van der Waals surface area contributed by atoms with E-state index in [1.54, 1.807) is 4.90 Å². The second-order valence-corrected chi connectivity index (χ2v) is 4.59. The molecule has 3 amide bonds. The molecule has 4 heteroatoms. The highest BCUT2D eigenvalue weighted by Gasteiger charge is 2.43. The summed E-state index contributed by atoms with van der Waals surface area (Å²) in [5.41, 5.74) is -0.354. The van der Waals surface area contributed by atoms with Gasteiger partial charge < -0.3 is 4.90 Å². The lowest BCUT2D eigenvalue weighted by Gasteiger charge is -2.33. The van der Waals surface area contributed by atoms with Crippen LogP contribution in [0.5, 0.6) is 0 Å². The van der Waals surface area contributed by atoms with Gasteiger partial charge in [-0.25, -0.2) is 4.79 Å². The average molecular weight is 212 g/mol. The van der Waals surface area contributed by atoms with Crippen molar-refractivity contribution in [2.45, 2.75) is 46.1 Å². The molecule has 1 aliphatic rings. The van der Waals surface area contributed by atoms with Gasteiger partial charge in [-0.05, 0) is 27.2 Å². The molecule has 0 saturated carbocycles. The van der Waals surface area contributed by atoms with Gasteiger partial charge in [0, 0.05) is 12.1 Å². The molecule has 0 aromatic rings. The van der Waals surface area contributed by atoms with Gasteiger partial charge in [0.15, 0.2) is 0 Å². The predicted molar refractivity (Wildman–Crippen MR) is 58.5 cm³/mol. The third kappa shape index (κ3) is 2.13. The van der Waals surface area contributed by atoms with Crippen molar-refractivity contribution in [1.29, 1.82) is 0 Å². The molecule has 0 radical (unpaired) electrons. The van der Waals surface area contributed by atoms with Crippen molar-refractivity contribution < 1.29 is 9.59 Å². The van der Waals surface area contributed by atoms with Crippen LogP contribution in [0.3, 0.4) is 0 Å². The second-order valence-electron chi connectivity index (χ2n) is 4.59. The van der Waals surface area contributed by atoms with E-state index in [0.717, 1.165) is 12.8 Å². The SMILES string of the molecule is CCCC(C)(C)N1C(=O)CN(CC)C1=O. The number of amides is 3. The van der Waals surface area contributed by atoms with Crippen molar-refractivity contribution in [1.82, 2.24) is 9.80 Å². The molecule has 0 N–H and O–H groups in total. The molecular formula is C11H20N2O2. The van der Waals surface area contributed by atoms with Crippen molar-refractivity contribution in [3.05, 3.63) is 0 Å². The monoisotopic (exact) mass is 212 g/mol. The first kappa shape index (κ1) is 12.0. The minimum Gasteiger partial charge on any atom is -0.315 e. The van der Waals surface area contributed by atoms with Crippen molar-refractivity contribution in [3.8, 4) is 0 Å². The zero-order valence-corrected chi connectivity index (χ0v) is 10.0. The van der Waals surface area contributed by atoms with Crippen LogP contribution in [-0.2, 0) is 4.79 Å². The van der Waals surface area contributed by atoms with E-state index < -0.39 is 0 Å². The summed E-state index contributed by atoms with van der Waals surface area (Å²) in [6.45, 7) is 8.69. The molecule has 1 aliphatic heterocycles. The van der Waals surface area contributed by atoms with E-state index in [0.29, 0.717) is 6.54 Å². The number of carbonyl (C=O) groups excluding carboxylic acids is 2. The van der Waals surface area contributed by atoms with Crippen LogP contribution in [0, 0.1) is 0 Å². The largest absolute Gasteiger partial charge is 0.327 e. The summed E-state index contributed by atoms with van der Waals surface area (Å²) in [6.07, 6.45) is 1.82. The van der Waals surface area contributed by atoms with Gasteiger partial charge in [0.05, 0.1) is 0 Å². The van der Waals surface area contributed by atoms with E-state index in [9.17, 15) is 9.59 Å². The Morgan fingerprint density at radius 3 is 2.27 bits per heavy atom. The van der Waals surface area contributed by atoms with E-state index in [2.05, 4.69) is 6.92 Å². The Kier molecular flexibility index (Phi) is 3.37. The minimum absolute atomic E-state index is 0.0692. The molecule has 0 spiro atoms. The quantitative estimate of drug-likeness (QED) is 0.667. The van der Waals surface area contributed by atoms with E-state index in [-0.39, 0.29) is 24.0 Å². The predicted octanol–water partition coefficient (Wildman–Crippen LogP) is 1.85. The first-order valence-electron chi connectivity index (χ1n) is 5.56. The highest BCUT2D eigenvalue weighted by Crippen LogP contribution is 2.26. The normalized spacial score (nSPS) is 17.9. The Balaban J connectivity index is 2.86. The topological polar surface area (TPSA) is 40.6 Å². The lowest BCUT2D eigenvalue weighted by molar-refractivity contribution is -0.128. The fraction of sp³-hybridized carbons (Fsp3) is 0.818. The number of hydrogen-bond acceptors (Lipinski definition) is 2. The summed E-state index contributed by atoms with van der Waals surface area (Å²) in [4.78, 5) is 26.6. The van der Waals surface area contributed by atoms with Crippen LogP contribution < -0.4 is 0 Å². The maximum Gasteiger partial charge on any atom is 0.327 e. The molecule has 0 aliphatic carbocycles.